The molecule has 0 aromatic heterocycles. The van der Waals surface area contributed by atoms with Crippen molar-refractivity contribution in [2.24, 2.45) is 5.92 Å². The maximum absolute atomic E-state index is 4.36. The Hall–Kier alpha value is -1.24. The van der Waals surface area contributed by atoms with Crippen molar-refractivity contribution in [3.05, 3.63) is 41.6 Å². The van der Waals surface area contributed by atoms with Gasteiger partial charge in [-0.05, 0) is 41.7 Å². The maximum atomic E-state index is 4.36. The molecule has 1 fully saturated rings. The van der Waals surface area contributed by atoms with E-state index in [0.717, 1.165) is 0 Å². The smallest absolute Gasteiger partial charge is 0.0452 e. The van der Waals surface area contributed by atoms with E-state index in [1.165, 1.54) is 54.6 Å². The normalized spacial score (nSPS) is 16.5. The molecule has 1 saturated carbocycles. The molecule has 2 rings (SSSR count). The zero-order valence-corrected chi connectivity index (χ0v) is 14.2. The fraction of sp³-hybridized carbons (Fsp3) is 0.600. The summed E-state index contributed by atoms with van der Waals surface area (Å²) in [5.74, 6) is 1.72. The molecule has 0 amide bonds. The third-order valence-corrected chi connectivity index (χ3v) is 4.76. The zero-order chi connectivity index (χ0) is 15.4. The van der Waals surface area contributed by atoms with Gasteiger partial charge in [-0.25, -0.2) is 0 Å². The summed E-state index contributed by atoms with van der Waals surface area (Å²) in [6, 6.07) is 6.71. The molecule has 1 aliphatic rings. The Morgan fingerprint density at radius 3 is 2.00 bits per heavy atom. The van der Waals surface area contributed by atoms with Crippen LogP contribution in [0.15, 0.2) is 30.5 Å². The fourth-order valence-electron chi connectivity index (χ4n) is 3.41. The van der Waals surface area contributed by atoms with Gasteiger partial charge in [-0.15, -0.1) is 0 Å². The highest BCUT2D eigenvalue weighted by Gasteiger charge is 2.19. The minimum Gasteiger partial charge on any atom is -0.359 e. The SMILES string of the molecule is C=C(Nc1c(C(C)C)cccc1C(C)C)C1CCCCC1. The van der Waals surface area contributed by atoms with Crippen LogP contribution in [-0.2, 0) is 0 Å². The van der Waals surface area contributed by atoms with Crippen molar-refractivity contribution >= 4 is 5.69 Å². The predicted molar refractivity (Wildman–Crippen MR) is 94.0 cm³/mol. The fourth-order valence-corrected chi connectivity index (χ4v) is 3.41. The topological polar surface area (TPSA) is 12.0 Å². The number of hydrogen-bond donors (Lipinski definition) is 1. The average Bonchev–Trinajstić information content (AvgIpc) is 2.47. The van der Waals surface area contributed by atoms with E-state index in [0.29, 0.717) is 17.8 Å². The van der Waals surface area contributed by atoms with Crippen LogP contribution in [0, 0.1) is 5.92 Å². The summed E-state index contributed by atoms with van der Waals surface area (Å²) in [4.78, 5) is 0. The lowest BCUT2D eigenvalue weighted by Crippen LogP contribution is -2.16. The lowest BCUT2D eigenvalue weighted by molar-refractivity contribution is 0.405. The van der Waals surface area contributed by atoms with Crippen LogP contribution >= 0.6 is 0 Å². The highest BCUT2D eigenvalue weighted by atomic mass is 14.9. The quantitative estimate of drug-likeness (QED) is 0.656. The molecule has 0 bridgehead atoms. The van der Waals surface area contributed by atoms with E-state index in [1.807, 2.05) is 0 Å². The first kappa shape index (κ1) is 16.1. The van der Waals surface area contributed by atoms with Crippen LogP contribution < -0.4 is 5.32 Å². The Balaban J connectivity index is 2.26. The predicted octanol–water partition coefficient (Wildman–Crippen LogP) is 6.44. The monoisotopic (exact) mass is 285 g/mol. The minimum atomic E-state index is 0.533. The van der Waals surface area contributed by atoms with Gasteiger partial charge in [0.2, 0.25) is 0 Å². The summed E-state index contributed by atoms with van der Waals surface area (Å²) in [6.07, 6.45) is 6.70. The van der Waals surface area contributed by atoms with E-state index >= 15 is 0 Å². The van der Waals surface area contributed by atoms with E-state index in [-0.39, 0.29) is 0 Å². The minimum absolute atomic E-state index is 0.533. The lowest BCUT2D eigenvalue weighted by Gasteiger charge is -2.28. The van der Waals surface area contributed by atoms with Crippen LogP contribution in [0.1, 0.15) is 82.8 Å². The Morgan fingerprint density at radius 2 is 1.52 bits per heavy atom. The molecular weight excluding hydrogens is 254 g/mol. The Labute approximate surface area is 130 Å². The molecular formula is C20H31N. The molecule has 0 spiro atoms. The highest BCUT2D eigenvalue weighted by Crippen LogP contribution is 2.36. The molecule has 0 saturated heterocycles. The van der Waals surface area contributed by atoms with Gasteiger partial charge in [-0.1, -0.05) is 71.7 Å². The summed E-state index contributed by atoms with van der Waals surface area (Å²) in [5, 5.41) is 3.72. The van der Waals surface area contributed by atoms with Crippen molar-refractivity contribution in [2.75, 3.05) is 5.32 Å². The summed E-state index contributed by atoms with van der Waals surface area (Å²) < 4.78 is 0. The first-order chi connectivity index (χ1) is 10.0. The summed E-state index contributed by atoms with van der Waals surface area (Å²) in [7, 11) is 0. The number of nitrogens with one attached hydrogen (secondary N) is 1. The third kappa shape index (κ3) is 3.90. The van der Waals surface area contributed by atoms with Crippen LogP contribution in [0.25, 0.3) is 0 Å². The molecule has 1 nitrogen and oxygen atoms in total. The van der Waals surface area contributed by atoms with Crippen molar-refractivity contribution in [1.82, 2.24) is 0 Å². The number of para-hydroxylation sites is 1. The Bertz CT molecular complexity index is 452. The van der Waals surface area contributed by atoms with Gasteiger partial charge in [0, 0.05) is 11.4 Å². The third-order valence-electron chi connectivity index (χ3n) is 4.76. The average molecular weight is 285 g/mol. The molecule has 0 heterocycles. The number of allylic oxidation sites excluding steroid dienone is 1. The standard InChI is InChI=1S/C20H31N/c1-14(2)18-12-9-13-19(15(3)4)20(18)21-16(5)17-10-7-6-8-11-17/h9,12-15,17,21H,5-8,10-11H2,1-4H3. The van der Waals surface area contributed by atoms with Crippen molar-refractivity contribution in [3.8, 4) is 0 Å². The van der Waals surface area contributed by atoms with E-state index in [1.54, 1.807) is 0 Å². The van der Waals surface area contributed by atoms with Crippen molar-refractivity contribution in [3.63, 3.8) is 0 Å². The van der Waals surface area contributed by atoms with Crippen molar-refractivity contribution < 1.29 is 0 Å². The number of hydrogen-bond acceptors (Lipinski definition) is 1. The molecule has 1 aromatic carbocycles. The van der Waals surface area contributed by atoms with Crippen LogP contribution in [-0.4, -0.2) is 0 Å². The molecule has 21 heavy (non-hydrogen) atoms. The van der Waals surface area contributed by atoms with Gasteiger partial charge in [-0.3, -0.25) is 0 Å². The first-order valence-electron chi connectivity index (χ1n) is 8.59. The van der Waals surface area contributed by atoms with Crippen LogP contribution in [0.2, 0.25) is 0 Å². The number of anilines is 1. The molecule has 0 atom stereocenters. The van der Waals surface area contributed by atoms with Gasteiger partial charge in [0.25, 0.3) is 0 Å². The Kier molecular flexibility index (Phi) is 5.50. The molecule has 1 N–H and O–H groups in total. The van der Waals surface area contributed by atoms with E-state index < -0.39 is 0 Å². The van der Waals surface area contributed by atoms with Gasteiger partial charge in [0.15, 0.2) is 0 Å². The van der Waals surface area contributed by atoms with Gasteiger partial charge in [-0.2, -0.15) is 0 Å². The molecule has 0 unspecified atom stereocenters. The van der Waals surface area contributed by atoms with E-state index in [2.05, 4.69) is 57.8 Å². The van der Waals surface area contributed by atoms with Gasteiger partial charge >= 0.3 is 0 Å². The Morgan fingerprint density at radius 1 is 1.00 bits per heavy atom. The van der Waals surface area contributed by atoms with Crippen LogP contribution in [0.4, 0.5) is 5.69 Å². The van der Waals surface area contributed by atoms with E-state index in [9.17, 15) is 0 Å². The van der Waals surface area contributed by atoms with Crippen molar-refractivity contribution in [1.29, 1.82) is 0 Å². The van der Waals surface area contributed by atoms with Crippen LogP contribution in [0.5, 0.6) is 0 Å². The van der Waals surface area contributed by atoms with Gasteiger partial charge < -0.3 is 5.32 Å². The summed E-state index contributed by atoms with van der Waals surface area (Å²) >= 11 is 0. The second kappa shape index (κ2) is 7.15. The first-order valence-corrected chi connectivity index (χ1v) is 8.59. The zero-order valence-electron chi connectivity index (χ0n) is 14.2. The van der Waals surface area contributed by atoms with Crippen molar-refractivity contribution in [2.45, 2.75) is 71.6 Å². The molecule has 1 aliphatic carbocycles. The molecule has 1 aromatic rings. The van der Waals surface area contributed by atoms with E-state index in [4.69, 9.17) is 0 Å². The molecule has 116 valence electrons. The largest absolute Gasteiger partial charge is 0.359 e. The summed E-state index contributed by atoms with van der Waals surface area (Å²) in [5.41, 5.74) is 5.37. The van der Waals surface area contributed by atoms with Crippen LogP contribution in [0.3, 0.4) is 0 Å². The second-order valence-electron chi connectivity index (χ2n) is 7.11. The number of rotatable bonds is 5. The molecule has 0 aliphatic heterocycles. The maximum Gasteiger partial charge on any atom is 0.0452 e. The number of benzene rings is 1. The lowest BCUT2D eigenvalue weighted by atomic mass is 9.86. The van der Waals surface area contributed by atoms with Gasteiger partial charge in [0.05, 0.1) is 0 Å². The highest BCUT2D eigenvalue weighted by molar-refractivity contribution is 5.62. The summed E-state index contributed by atoms with van der Waals surface area (Å²) in [6.45, 7) is 13.5. The molecule has 1 heteroatoms. The van der Waals surface area contributed by atoms with Gasteiger partial charge in [0.1, 0.15) is 0 Å². The second-order valence-corrected chi connectivity index (χ2v) is 7.11. The molecule has 0 radical (unpaired) electrons.